The largest absolute Gasteiger partial charge is 0.618 e. The maximum atomic E-state index is 12.8. The van der Waals surface area contributed by atoms with E-state index in [-0.39, 0.29) is 16.4 Å². The maximum absolute atomic E-state index is 12.8. The van der Waals surface area contributed by atoms with Gasteiger partial charge in [-0.1, -0.05) is 23.2 Å². The van der Waals surface area contributed by atoms with E-state index in [0.717, 1.165) is 13.2 Å². The standard InChI is InChI=1S/C10H6Cl2F3N3O/c1-17-9(10(13,14)15)7(12)8(16-17)6-3-2-5(11)4-18(6)19/h2-4H,1H3. The van der Waals surface area contributed by atoms with Gasteiger partial charge in [0.25, 0.3) is 0 Å². The molecule has 0 amide bonds. The smallest absolute Gasteiger partial charge is 0.434 e. The first-order valence-electron chi connectivity index (χ1n) is 4.90. The number of aryl methyl sites for hydroxylation is 1. The van der Waals surface area contributed by atoms with Gasteiger partial charge >= 0.3 is 6.18 Å². The summed E-state index contributed by atoms with van der Waals surface area (Å²) >= 11 is 11.3. The van der Waals surface area contributed by atoms with E-state index in [1.165, 1.54) is 12.1 Å². The van der Waals surface area contributed by atoms with E-state index in [1.807, 2.05) is 0 Å². The molecule has 0 aromatic carbocycles. The van der Waals surface area contributed by atoms with Gasteiger partial charge in [-0.3, -0.25) is 4.68 Å². The fourth-order valence-electron chi connectivity index (χ4n) is 1.61. The molecule has 0 saturated heterocycles. The Morgan fingerprint density at radius 2 is 1.95 bits per heavy atom. The Morgan fingerprint density at radius 3 is 2.42 bits per heavy atom. The van der Waals surface area contributed by atoms with Crippen LogP contribution in [0.2, 0.25) is 10.0 Å². The summed E-state index contributed by atoms with van der Waals surface area (Å²) in [4.78, 5) is 0. The highest BCUT2D eigenvalue weighted by Crippen LogP contribution is 2.38. The SMILES string of the molecule is Cn1nc(-c2ccc(Cl)c[n+]2[O-])c(Cl)c1C(F)(F)F. The monoisotopic (exact) mass is 311 g/mol. The van der Waals surface area contributed by atoms with Crippen molar-refractivity contribution in [3.63, 3.8) is 0 Å². The third kappa shape index (κ3) is 2.48. The van der Waals surface area contributed by atoms with Gasteiger partial charge in [0.15, 0.2) is 17.6 Å². The van der Waals surface area contributed by atoms with E-state index < -0.39 is 16.9 Å². The Balaban J connectivity index is 2.65. The van der Waals surface area contributed by atoms with Crippen LogP contribution in [0.25, 0.3) is 11.4 Å². The average molecular weight is 312 g/mol. The number of nitrogens with zero attached hydrogens (tertiary/aromatic N) is 3. The zero-order chi connectivity index (χ0) is 14.4. The fourth-order valence-corrected chi connectivity index (χ4v) is 2.13. The molecule has 0 bridgehead atoms. The molecule has 0 unspecified atom stereocenters. The van der Waals surface area contributed by atoms with Gasteiger partial charge in [0.2, 0.25) is 5.69 Å². The number of hydrogen-bond donors (Lipinski definition) is 0. The molecule has 0 radical (unpaired) electrons. The lowest BCUT2D eigenvalue weighted by Crippen LogP contribution is -2.28. The van der Waals surface area contributed by atoms with Gasteiger partial charge in [0.05, 0.1) is 0 Å². The van der Waals surface area contributed by atoms with Gasteiger partial charge < -0.3 is 5.21 Å². The molecule has 2 rings (SSSR count). The summed E-state index contributed by atoms with van der Waals surface area (Å²) in [6.45, 7) is 0. The van der Waals surface area contributed by atoms with E-state index in [0.29, 0.717) is 9.41 Å². The zero-order valence-corrected chi connectivity index (χ0v) is 10.9. The number of rotatable bonds is 1. The molecular weight excluding hydrogens is 306 g/mol. The summed E-state index contributed by atoms with van der Waals surface area (Å²) in [5.41, 5.74) is -1.47. The van der Waals surface area contributed by atoms with Gasteiger partial charge in [0, 0.05) is 13.1 Å². The van der Waals surface area contributed by atoms with Crippen molar-refractivity contribution in [1.29, 1.82) is 0 Å². The van der Waals surface area contributed by atoms with Gasteiger partial charge in [-0.25, -0.2) is 0 Å². The molecule has 0 fully saturated rings. The quantitative estimate of drug-likeness (QED) is 0.600. The number of pyridine rings is 1. The van der Waals surface area contributed by atoms with Crippen LogP contribution in [0.3, 0.4) is 0 Å². The molecule has 0 N–H and O–H groups in total. The highest BCUT2D eigenvalue weighted by molar-refractivity contribution is 6.33. The zero-order valence-electron chi connectivity index (χ0n) is 9.37. The Hall–Kier alpha value is -1.47. The van der Waals surface area contributed by atoms with Crippen molar-refractivity contribution < 1.29 is 17.9 Å². The van der Waals surface area contributed by atoms with Gasteiger partial charge in [-0.2, -0.15) is 23.0 Å². The van der Waals surface area contributed by atoms with Gasteiger partial charge in [-0.15, -0.1) is 0 Å². The van der Waals surface area contributed by atoms with Crippen molar-refractivity contribution in [2.24, 2.45) is 7.05 Å². The van der Waals surface area contributed by atoms with Crippen LogP contribution < -0.4 is 4.73 Å². The molecule has 2 aromatic rings. The van der Waals surface area contributed by atoms with E-state index in [9.17, 15) is 18.4 Å². The summed E-state index contributed by atoms with van der Waals surface area (Å²) < 4.78 is 39.2. The second kappa shape index (κ2) is 4.57. The van der Waals surface area contributed by atoms with Crippen LogP contribution in [-0.2, 0) is 13.2 Å². The summed E-state index contributed by atoms with van der Waals surface area (Å²) in [5.74, 6) is 0. The number of alkyl halides is 3. The molecule has 102 valence electrons. The Bertz CT molecular complexity index is 640. The second-order valence-electron chi connectivity index (χ2n) is 3.69. The number of halogens is 5. The molecule has 9 heteroatoms. The molecule has 4 nitrogen and oxygen atoms in total. The van der Waals surface area contributed by atoms with E-state index in [4.69, 9.17) is 23.2 Å². The molecule has 0 aliphatic heterocycles. The first kappa shape index (κ1) is 14.0. The Kier molecular flexibility index (Phi) is 3.36. The van der Waals surface area contributed by atoms with E-state index in [2.05, 4.69) is 5.10 Å². The molecule has 2 heterocycles. The van der Waals surface area contributed by atoms with Crippen LogP contribution in [0.5, 0.6) is 0 Å². The summed E-state index contributed by atoms with van der Waals surface area (Å²) in [6.07, 6.45) is -3.65. The van der Waals surface area contributed by atoms with E-state index >= 15 is 0 Å². The van der Waals surface area contributed by atoms with Crippen LogP contribution in [0.15, 0.2) is 18.3 Å². The first-order chi connectivity index (χ1) is 8.71. The van der Waals surface area contributed by atoms with Crippen molar-refractivity contribution in [3.8, 4) is 11.4 Å². The minimum absolute atomic E-state index is 0.111. The molecule has 0 spiro atoms. The normalized spacial score (nSPS) is 11.9. The lowest BCUT2D eigenvalue weighted by Gasteiger charge is -2.06. The minimum Gasteiger partial charge on any atom is -0.618 e. The summed E-state index contributed by atoms with van der Waals surface area (Å²) in [7, 11) is 1.10. The Morgan fingerprint density at radius 1 is 1.32 bits per heavy atom. The Labute approximate surface area is 115 Å². The average Bonchev–Trinajstić information content (AvgIpc) is 2.53. The third-order valence-corrected chi connectivity index (χ3v) is 2.96. The lowest BCUT2D eigenvalue weighted by atomic mass is 10.2. The van der Waals surface area contributed by atoms with Crippen LogP contribution in [-0.4, -0.2) is 9.78 Å². The molecule has 19 heavy (non-hydrogen) atoms. The topological polar surface area (TPSA) is 44.8 Å². The molecule has 2 aromatic heterocycles. The maximum Gasteiger partial charge on any atom is 0.434 e. The molecular formula is C10H6Cl2F3N3O. The molecule has 0 aliphatic carbocycles. The van der Waals surface area contributed by atoms with Gasteiger partial charge in [0.1, 0.15) is 10.0 Å². The number of aromatic nitrogens is 3. The highest BCUT2D eigenvalue weighted by Gasteiger charge is 2.40. The summed E-state index contributed by atoms with van der Waals surface area (Å²) in [6, 6.07) is 2.62. The molecule has 0 aliphatic rings. The van der Waals surface area contributed by atoms with Crippen LogP contribution in [0.1, 0.15) is 5.69 Å². The van der Waals surface area contributed by atoms with Crippen molar-refractivity contribution in [2.75, 3.05) is 0 Å². The summed E-state index contributed by atoms with van der Waals surface area (Å²) in [5, 5.41) is 14.8. The second-order valence-corrected chi connectivity index (χ2v) is 4.51. The highest BCUT2D eigenvalue weighted by atomic mass is 35.5. The van der Waals surface area contributed by atoms with Crippen molar-refractivity contribution >= 4 is 23.2 Å². The first-order valence-corrected chi connectivity index (χ1v) is 5.66. The number of hydrogen-bond acceptors (Lipinski definition) is 2. The fraction of sp³-hybridized carbons (Fsp3) is 0.200. The minimum atomic E-state index is -4.66. The van der Waals surface area contributed by atoms with Crippen molar-refractivity contribution in [3.05, 3.63) is 39.3 Å². The molecule has 0 saturated carbocycles. The molecule has 0 atom stereocenters. The van der Waals surface area contributed by atoms with Crippen molar-refractivity contribution in [2.45, 2.75) is 6.18 Å². The van der Waals surface area contributed by atoms with Crippen LogP contribution >= 0.6 is 23.2 Å². The van der Waals surface area contributed by atoms with Crippen LogP contribution in [0.4, 0.5) is 13.2 Å². The van der Waals surface area contributed by atoms with Crippen molar-refractivity contribution in [1.82, 2.24) is 9.78 Å². The van der Waals surface area contributed by atoms with E-state index in [1.54, 1.807) is 0 Å². The van der Waals surface area contributed by atoms with Crippen LogP contribution in [0, 0.1) is 5.21 Å². The lowest BCUT2D eigenvalue weighted by molar-refractivity contribution is -0.593. The predicted octanol–water partition coefficient (Wildman–Crippen LogP) is 3.05. The third-order valence-electron chi connectivity index (χ3n) is 2.38. The van der Waals surface area contributed by atoms with Gasteiger partial charge in [-0.05, 0) is 6.07 Å². The predicted molar refractivity (Wildman–Crippen MR) is 62.6 cm³/mol.